The summed E-state index contributed by atoms with van der Waals surface area (Å²) in [5.41, 5.74) is 0.811. The molecule has 0 saturated heterocycles. The van der Waals surface area contributed by atoms with Crippen LogP contribution >= 0.6 is 0 Å². The van der Waals surface area contributed by atoms with Gasteiger partial charge in [0.05, 0.1) is 5.75 Å². The van der Waals surface area contributed by atoms with Crippen LogP contribution in [0.1, 0.15) is 12.5 Å². The maximum Gasteiger partial charge on any atom is 0.345 e. The van der Waals surface area contributed by atoms with E-state index in [-0.39, 0.29) is 18.1 Å². The highest BCUT2D eigenvalue weighted by Gasteiger charge is 2.28. The van der Waals surface area contributed by atoms with Gasteiger partial charge in [0.25, 0.3) is 0 Å². The number of hydrogen-bond acceptors (Lipinski definition) is 5. The Bertz CT molecular complexity index is 607. The van der Waals surface area contributed by atoms with Crippen LogP contribution in [0.15, 0.2) is 18.2 Å². The maximum absolute atomic E-state index is 11.3. The normalized spacial score (nSPS) is 17.4. The van der Waals surface area contributed by atoms with Crippen molar-refractivity contribution >= 4 is 15.8 Å². The van der Waals surface area contributed by atoms with Crippen LogP contribution in [0.25, 0.3) is 0 Å². The van der Waals surface area contributed by atoms with E-state index >= 15 is 0 Å². The van der Waals surface area contributed by atoms with Crippen molar-refractivity contribution in [2.75, 3.05) is 18.1 Å². The van der Waals surface area contributed by atoms with Crippen molar-refractivity contribution in [2.24, 2.45) is 0 Å². The van der Waals surface area contributed by atoms with Gasteiger partial charge in [0.15, 0.2) is 15.9 Å². The monoisotopic (exact) mass is 300 g/mol. The molecule has 1 heterocycles. The summed E-state index contributed by atoms with van der Waals surface area (Å²) in [6.07, 6.45) is -0.532. The van der Waals surface area contributed by atoms with Crippen LogP contribution in [0.2, 0.25) is 0 Å². The third kappa shape index (κ3) is 3.41. The van der Waals surface area contributed by atoms with Gasteiger partial charge in [0.1, 0.15) is 18.1 Å². The highest BCUT2D eigenvalue weighted by molar-refractivity contribution is 7.91. The van der Waals surface area contributed by atoms with E-state index in [4.69, 9.17) is 14.6 Å². The highest BCUT2D eigenvalue weighted by Crippen LogP contribution is 2.32. The van der Waals surface area contributed by atoms with E-state index < -0.39 is 21.9 Å². The molecule has 1 atom stereocenters. The maximum atomic E-state index is 11.3. The minimum absolute atomic E-state index is 0.0425. The van der Waals surface area contributed by atoms with Crippen molar-refractivity contribution < 1.29 is 27.8 Å². The number of carboxylic acid groups (broad SMARTS) is 1. The minimum atomic E-state index is -3.06. The van der Waals surface area contributed by atoms with Gasteiger partial charge in [-0.05, 0) is 11.6 Å². The predicted molar refractivity (Wildman–Crippen MR) is 72.0 cm³/mol. The first kappa shape index (κ1) is 14.6. The summed E-state index contributed by atoms with van der Waals surface area (Å²) in [5.74, 6) is -0.00424. The van der Waals surface area contributed by atoms with Crippen molar-refractivity contribution in [1.29, 1.82) is 0 Å². The Morgan fingerprint density at radius 2 is 2.25 bits per heavy atom. The molecule has 0 bridgehead atoms. The average Bonchev–Trinajstić information content (AvgIpc) is 2.82. The van der Waals surface area contributed by atoms with E-state index in [0.717, 1.165) is 5.56 Å². The Hall–Kier alpha value is -1.76. The van der Waals surface area contributed by atoms with Gasteiger partial charge in [-0.1, -0.05) is 13.0 Å². The summed E-state index contributed by atoms with van der Waals surface area (Å²) in [4.78, 5) is 10.8. The van der Waals surface area contributed by atoms with Gasteiger partial charge in [-0.2, -0.15) is 0 Å². The van der Waals surface area contributed by atoms with Crippen LogP contribution in [-0.2, 0) is 21.1 Å². The van der Waals surface area contributed by atoms with Crippen LogP contribution in [0.3, 0.4) is 0 Å². The number of aliphatic carboxylic acids is 1. The Kier molecular flexibility index (Phi) is 4.17. The molecule has 0 radical (unpaired) electrons. The molecule has 1 N–H and O–H groups in total. The van der Waals surface area contributed by atoms with Crippen molar-refractivity contribution in [2.45, 2.75) is 19.4 Å². The molecule has 1 aromatic rings. The number of benzene rings is 1. The third-order valence-corrected chi connectivity index (χ3v) is 4.76. The van der Waals surface area contributed by atoms with Crippen LogP contribution in [0.5, 0.6) is 11.5 Å². The van der Waals surface area contributed by atoms with Crippen LogP contribution in [0, 0.1) is 0 Å². The van der Waals surface area contributed by atoms with Gasteiger partial charge in [0, 0.05) is 18.2 Å². The first-order chi connectivity index (χ1) is 9.41. The number of carboxylic acids is 1. The van der Waals surface area contributed by atoms with E-state index in [2.05, 4.69) is 0 Å². The third-order valence-electron chi connectivity index (χ3n) is 3.09. The number of hydrogen-bond donors (Lipinski definition) is 1. The topological polar surface area (TPSA) is 89.9 Å². The lowest BCUT2D eigenvalue weighted by molar-refractivity contribution is -0.144. The zero-order chi connectivity index (χ0) is 14.8. The summed E-state index contributed by atoms with van der Waals surface area (Å²) >= 11 is 0. The Morgan fingerprint density at radius 1 is 1.50 bits per heavy atom. The molecule has 1 aliphatic rings. The zero-order valence-corrected chi connectivity index (χ0v) is 11.9. The molecule has 0 fully saturated rings. The molecule has 0 saturated carbocycles. The van der Waals surface area contributed by atoms with E-state index in [1.165, 1.54) is 0 Å². The smallest absolute Gasteiger partial charge is 0.345 e. The van der Waals surface area contributed by atoms with Crippen molar-refractivity contribution in [3.8, 4) is 11.5 Å². The van der Waals surface area contributed by atoms with E-state index in [0.29, 0.717) is 17.9 Å². The molecule has 6 nitrogen and oxygen atoms in total. The lowest BCUT2D eigenvalue weighted by atomic mass is 10.1. The summed E-state index contributed by atoms with van der Waals surface area (Å²) in [6.45, 7) is 1.65. The molecule has 1 aromatic carbocycles. The SMILES string of the molecule is CCS(=O)(=O)CCOc1ccc2c(c1)OC(C(=O)O)C2. The predicted octanol–water partition coefficient (Wildman–Crippen LogP) is 0.888. The van der Waals surface area contributed by atoms with Gasteiger partial charge in [-0.15, -0.1) is 0 Å². The van der Waals surface area contributed by atoms with Crippen LogP contribution in [0.4, 0.5) is 0 Å². The number of carbonyl (C=O) groups is 1. The standard InChI is InChI=1S/C13H16O6S/c1-2-20(16,17)6-5-18-10-4-3-9-7-12(13(14)15)19-11(9)8-10/h3-4,8,12H,2,5-7H2,1H3,(H,14,15). The fourth-order valence-electron chi connectivity index (χ4n) is 1.87. The molecule has 1 aliphatic heterocycles. The van der Waals surface area contributed by atoms with Gasteiger partial charge in [0.2, 0.25) is 0 Å². The van der Waals surface area contributed by atoms with Crippen LogP contribution in [-0.4, -0.2) is 43.7 Å². The van der Waals surface area contributed by atoms with Crippen molar-refractivity contribution in [3.63, 3.8) is 0 Å². The molecule has 0 aliphatic carbocycles. The molecule has 110 valence electrons. The van der Waals surface area contributed by atoms with Gasteiger partial charge in [-0.25, -0.2) is 13.2 Å². The number of fused-ring (bicyclic) bond motifs is 1. The minimum Gasteiger partial charge on any atom is -0.492 e. The zero-order valence-electron chi connectivity index (χ0n) is 11.0. The average molecular weight is 300 g/mol. The second kappa shape index (κ2) is 5.70. The Balaban J connectivity index is 1.97. The molecule has 1 unspecified atom stereocenters. The Morgan fingerprint density at radius 3 is 2.90 bits per heavy atom. The summed E-state index contributed by atoms with van der Waals surface area (Å²) in [5, 5.41) is 8.89. The summed E-state index contributed by atoms with van der Waals surface area (Å²) in [6, 6.07) is 5.02. The second-order valence-electron chi connectivity index (χ2n) is 4.50. The van der Waals surface area contributed by atoms with Gasteiger partial charge in [-0.3, -0.25) is 0 Å². The molecule has 0 spiro atoms. The highest BCUT2D eigenvalue weighted by atomic mass is 32.2. The van der Waals surface area contributed by atoms with E-state index in [9.17, 15) is 13.2 Å². The van der Waals surface area contributed by atoms with E-state index in [1.54, 1.807) is 25.1 Å². The number of rotatable bonds is 6. The molecular weight excluding hydrogens is 284 g/mol. The summed E-state index contributed by atoms with van der Waals surface area (Å²) in [7, 11) is -3.06. The van der Waals surface area contributed by atoms with E-state index in [1.807, 2.05) is 0 Å². The Labute approximate surface area is 117 Å². The quantitative estimate of drug-likeness (QED) is 0.839. The van der Waals surface area contributed by atoms with Gasteiger partial charge >= 0.3 is 5.97 Å². The lowest BCUT2D eigenvalue weighted by Gasteiger charge is -2.08. The van der Waals surface area contributed by atoms with Crippen LogP contribution < -0.4 is 9.47 Å². The molecule has 7 heteroatoms. The molecule has 0 aromatic heterocycles. The number of sulfone groups is 1. The molecule has 2 rings (SSSR count). The molecular formula is C13H16O6S. The van der Waals surface area contributed by atoms with Crippen molar-refractivity contribution in [1.82, 2.24) is 0 Å². The largest absolute Gasteiger partial charge is 0.492 e. The first-order valence-electron chi connectivity index (χ1n) is 6.27. The summed E-state index contributed by atoms with van der Waals surface area (Å²) < 4.78 is 33.3. The van der Waals surface area contributed by atoms with Gasteiger partial charge < -0.3 is 14.6 Å². The lowest BCUT2D eigenvalue weighted by Crippen LogP contribution is -2.24. The fourth-order valence-corrected chi connectivity index (χ4v) is 2.49. The second-order valence-corrected chi connectivity index (χ2v) is 6.98. The fraction of sp³-hybridized carbons (Fsp3) is 0.462. The number of ether oxygens (including phenoxy) is 2. The first-order valence-corrected chi connectivity index (χ1v) is 8.09. The molecule has 0 amide bonds. The molecule has 20 heavy (non-hydrogen) atoms. The van der Waals surface area contributed by atoms with Crippen molar-refractivity contribution in [3.05, 3.63) is 23.8 Å².